The van der Waals surface area contributed by atoms with E-state index in [1.54, 1.807) is 0 Å². The molecule has 2 aromatic rings. The third kappa shape index (κ3) is 7.90. The smallest absolute Gasteiger partial charge is 0.222 e. The van der Waals surface area contributed by atoms with Crippen LogP contribution in [0.25, 0.3) is 11.3 Å². The zero-order chi connectivity index (χ0) is 22.6. The zero-order valence-corrected chi connectivity index (χ0v) is 19.6. The van der Waals surface area contributed by atoms with Crippen LogP contribution in [0.2, 0.25) is 0 Å². The Morgan fingerprint density at radius 1 is 0.844 bits per heavy atom. The van der Waals surface area contributed by atoms with Crippen molar-refractivity contribution in [1.82, 2.24) is 19.6 Å². The van der Waals surface area contributed by atoms with Gasteiger partial charge in [-0.25, -0.2) is 4.68 Å². The van der Waals surface area contributed by atoms with Crippen LogP contribution in [0.4, 0.5) is 0 Å². The number of benzene rings is 1. The summed E-state index contributed by atoms with van der Waals surface area (Å²) < 4.78 is 1.82. The summed E-state index contributed by atoms with van der Waals surface area (Å²) in [4.78, 5) is 16.6. The lowest BCUT2D eigenvalue weighted by Crippen LogP contribution is -2.47. The highest BCUT2D eigenvalue weighted by molar-refractivity contribution is 5.76. The standard InChI is InChI=1S/C26H39N5O/c1-29-19-21-30(22-20-29)26(32)15-11-6-4-2-3-5-7-12-18-31-25(27)17-16-24(28-31)23-13-9-8-10-14-23/h8-10,13-14,16-17,27H,2-7,11-12,15,18-22H2,1H3. The summed E-state index contributed by atoms with van der Waals surface area (Å²) in [5.41, 5.74) is 2.48. The highest BCUT2D eigenvalue weighted by Gasteiger charge is 2.18. The highest BCUT2D eigenvalue weighted by Crippen LogP contribution is 2.15. The number of carbonyl (C=O) groups excluding carboxylic acids is 1. The molecule has 0 saturated carbocycles. The molecule has 0 unspecified atom stereocenters. The van der Waals surface area contributed by atoms with E-state index in [0.29, 0.717) is 17.8 Å². The fourth-order valence-corrected chi connectivity index (χ4v) is 4.21. The van der Waals surface area contributed by atoms with Crippen molar-refractivity contribution < 1.29 is 4.79 Å². The molecular formula is C26H39N5O. The van der Waals surface area contributed by atoms with Crippen LogP contribution < -0.4 is 5.49 Å². The Labute approximate surface area is 192 Å². The molecule has 0 bridgehead atoms. The summed E-state index contributed by atoms with van der Waals surface area (Å²) in [5.74, 6) is 0.342. The molecule has 0 radical (unpaired) electrons. The van der Waals surface area contributed by atoms with Crippen LogP contribution in [0.5, 0.6) is 0 Å². The lowest BCUT2D eigenvalue weighted by Gasteiger charge is -2.32. The molecule has 174 valence electrons. The average molecular weight is 438 g/mol. The highest BCUT2D eigenvalue weighted by atomic mass is 16.2. The van der Waals surface area contributed by atoms with E-state index in [-0.39, 0.29) is 0 Å². The summed E-state index contributed by atoms with van der Waals surface area (Å²) >= 11 is 0. The number of nitrogens with zero attached hydrogens (tertiary/aromatic N) is 4. The molecule has 6 heteroatoms. The van der Waals surface area contributed by atoms with Gasteiger partial charge >= 0.3 is 0 Å². The van der Waals surface area contributed by atoms with Gasteiger partial charge in [0.2, 0.25) is 5.91 Å². The molecule has 6 nitrogen and oxygen atoms in total. The van der Waals surface area contributed by atoms with Gasteiger partial charge in [-0.15, -0.1) is 0 Å². The Bertz CT molecular complexity index is 871. The first kappa shape index (κ1) is 24.2. The van der Waals surface area contributed by atoms with Crippen molar-refractivity contribution in [1.29, 1.82) is 5.41 Å². The molecule has 0 spiro atoms. The lowest BCUT2D eigenvalue weighted by molar-refractivity contribution is -0.132. The second kappa shape index (κ2) is 13.2. The molecule has 1 amide bonds. The van der Waals surface area contributed by atoms with E-state index in [4.69, 9.17) is 5.41 Å². The van der Waals surface area contributed by atoms with Gasteiger partial charge in [-0.2, -0.15) is 5.10 Å². The fourth-order valence-electron chi connectivity index (χ4n) is 4.21. The Kier molecular flexibility index (Phi) is 9.95. The number of likely N-dealkylation sites (N-methyl/N-ethyl adjacent to an activating group) is 1. The first-order valence-corrected chi connectivity index (χ1v) is 12.3. The third-order valence-electron chi connectivity index (χ3n) is 6.34. The minimum Gasteiger partial charge on any atom is -0.340 e. The third-order valence-corrected chi connectivity index (χ3v) is 6.34. The molecule has 1 aliphatic rings. The number of aromatic nitrogens is 2. The van der Waals surface area contributed by atoms with Crippen molar-refractivity contribution in [2.75, 3.05) is 33.2 Å². The normalized spacial score (nSPS) is 14.6. The largest absolute Gasteiger partial charge is 0.340 e. The number of unbranched alkanes of at least 4 members (excludes halogenated alkanes) is 7. The lowest BCUT2D eigenvalue weighted by atomic mass is 10.1. The van der Waals surface area contributed by atoms with E-state index < -0.39 is 0 Å². The first-order valence-electron chi connectivity index (χ1n) is 12.3. The van der Waals surface area contributed by atoms with Crippen LogP contribution in [0, 0.1) is 5.41 Å². The van der Waals surface area contributed by atoms with E-state index in [9.17, 15) is 4.79 Å². The van der Waals surface area contributed by atoms with Crippen molar-refractivity contribution in [2.24, 2.45) is 0 Å². The Morgan fingerprint density at radius 3 is 2.16 bits per heavy atom. The number of nitrogens with one attached hydrogen (secondary N) is 1. The zero-order valence-electron chi connectivity index (χ0n) is 19.6. The predicted molar refractivity (Wildman–Crippen MR) is 129 cm³/mol. The van der Waals surface area contributed by atoms with Gasteiger partial charge in [0, 0.05) is 44.7 Å². The summed E-state index contributed by atoms with van der Waals surface area (Å²) in [6.45, 7) is 4.58. The summed E-state index contributed by atoms with van der Waals surface area (Å²) in [5, 5.41) is 12.8. The minimum absolute atomic E-state index is 0.342. The van der Waals surface area contributed by atoms with Crippen LogP contribution in [0.15, 0.2) is 42.5 Å². The molecular weight excluding hydrogens is 398 g/mol. The quantitative estimate of drug-likeness (QED) is 0.503. The van der Waals surface area contributed by atoms with Gasteiger partial charge in [0.1, 0.15) is 5.49 Å². The van der Waals surface area contributed by atoms with Crippen molar-refractivity contribution in [3.63, 3.8) is 0 Å². The SMILES string of the molecule is CN1CCN(C(=O)CCCCCCCCCCn2nc(-c3ccccc3)ccc2=N)CC1. The maximum absolute atomic E-state index is 12.2. The van der Waals surface area contributed by atoms with E-state index in [0.717, 1.165) is 63.2 Å². The number of piperazine rings is 1. The number of rotatable bonds is 12. The van der Waals surface area contributed by atoms with Crippen LogP contribution >= 0.6 is 0 Å². The monoisotopic (exact) mass is 437 g/mol. The maximum atomic E-state index is 12.2. The molecule has 1 fully saturated rings. The van der Waals surface area contributed by atoms with E-state index in [2.05, 4.69) is 29.2 Å². The second-order valence-electron chi connectivity index (χ2n) is 8.96. The van der Waals surface area contributed by atoms with Crippen molar-refractivity contribution in [2.45, 2.75) is 64.3 Å². The fraction of sp³-hybridized carbons (Fsp3) is 0.577. The molecule has 0 atom stereocenters. The Morgan fingerprint density at radius 2 is 1.47 bits per heavy atom. The van der Waals surface area contributed by atoms with Crippen LogP contribution in [0.3, 0.4) is 0 Å². The second-order valence-corrected chi connectivity index (χ2v) is 8.96. The molecule has 1 aromatic carbocycles. The Balaban J connectivity index is 1.22. The molecule has 1 aromatic heterocycles. The van der Waals surface area contributed by atoms with Crippen molar-refractivity contribution in [3.05, 3.63) is 48.0 Å². The number of hydrogen-bond acceptors (Lipinski definition) is 4. The summed E-state index contributed by atoms with van der Waals surface area (Å²) in [6.07, 6.45) is 10.1. The topological polar surface area (TPSA) is 65.2 Å². The predicted octanol–water partition coefficient (Wildman–Crippen LogP) is 4.31. The number of amides is 1. The van der Waals surface area contributed by atoms with E-state index >= 15 is 0 Å². The van der Waals surface area contributed by atoms with Gasteiger partial charge in [0.15, 0.2) is 0 Å². The van der Waals surface area contributed by atoms with Gasteiger partial charge in [-0.05, 0) is 32.0 Å². The van der Waals surface area contributed by atoms with Crippen LogP contribution in [0.1, 0.15) is 57.8 Å². The summed E-state index contributed by atoms with van der Waals surface area (Å²) in [6, 6.07) is 13.9. The van der Waals surface area contributed by atoms with Gasteiger partial charge in [0.25, 0.3) is 0 Å². The molecule has 2 heterocycles. The van der Waals surface area contributed by atoms with Gasteiger partial charge in [-0.3, -0.25) is 10.2 Å². The number of hydrogen-bond donors (Lipinski definition) is 1. The van der Waals surface area contributed by atoms with E-state index in [1.165, 1.54) is 32.1 Å². The van der Waals surface area contributed by atoms with E-state index in [1.807, 2.05) is 39.9 Å². The Hall–Kier alpha value is -2.47. The maximum Gasteiger partial charge on any atom is 0.222 e. The summed E-state index contributed by atoms with van der Waals surface area (Å²) in [7, 11) is 2.12. The molecule has 3 rings (SSSR count). The van der Waals surface area contributed by atoms with Crippen molar-refractivity contribution in [3.8, 4) is 11.3 Å². The average Bonchev–Trinajstić information content (AvgIpc) is 2.82. The van der Waals surface area contributed by atoms with Crippen LogP contribution in [-0.4, -0.2) is 58.7 Å². The molecule has 32 heavy (non-hydrogen) atoms. The minimum atomic E-state index is 0.342. The van der Waals surface area contributed by atoms with Gasteiger partial charge < -0.3 is 9.80 Å². The molecule has 1 saturated heterocycles. The van der Waals surface area contributed by atoms with Crippen LogP contribution in [-0.2, 0) is 11.3 Å². The van der Waals surface area contributed by atoms with Gasteiger partial charge in [0.05, 0.1) is 5.69 Å². The molecule has 0 aliphatic carbocycles. The first-order chi connectivity index (χ1) is 15.6. The van der Waals surface area contributed by atoms with Crippen molar-refractivity contribution >= 4 is 5.91 Å². The number of carbonyl (C=O) groups is 1. The van der Waals surface area contributed by atoms with Gasteiger partial charge in [-0.1, -0.05) is 68.9 Å². The molecule has 1 N–H and O–H groups in total. The molecule has 1 aliphatic heterocycles. The number of aryl methyl sites for hydroxylation is 1.